The summed E-state index contributed by atoms with van der Waals surface area (Å²) in [5.74, 6) is -0.499. The average molecular weight is 395 g/mol. The maximum Gasteiger partial charge on any atom is 0.148 e. The fourth-order valence-corrected chi connectivity index (χ4v) is 4.74. The lowest BCUT2D eigenvalue weighted by Gasteiger charge is -2.29. The van der Waals surface area contributed by atoms with E-state index in [9.17, 15) is 14.0 Å². The second kappa shape index (κ2) is 9.47. The zero-order valence-corrected chi connectivity index (χ0v) is 17.8. The van der Waals surface area contributed by atoms with Crippen LogP contribution in [0.5, 0.6) is 0 Å². The van der Waals surface area contributed by atoms with Crippen LogP contribution in [0.1, 0.15) is 73.3 Å². The summed E-state index contributed by atoms with van der Waals surface area (Å²) in [6.07, 6.45) is 5.26. The summed E-state index contributed by atoms with van der Waals surface area (Å²) in [5, 5.41) is 0. The third-order valence-corrected chi connectivity index (χ3v) is 6.16. The van der Waals surface area contributed by atoms with E-state index in [0.717, 1.165) is 54.4 Å². The van der Waals surface area contributed by atoms with Crippen LogP contribution in [-0.2, 0) is 28.9 Å². The van der Waals surface area contributed by atoms with Gasteiger partial charge in [-0.15, -0.1) is 0 Å². The largest absolute Gasteiger partial charge is 0.299 e. The Morgan fingerprint density at radius 2 is 1.48 bits per heavy atom. The van der Waals surface area contributed by atoms with Crippen LogP contribution >= 0.6 is 0 Å². The number of ketones is 2. The van der Waals surface area contributed by atoms with Gasteiger partial charge in [-0.1, -0.05) is 43.7 Å². The number of carbonyl (C=O) groups excluding carboxylic acids is 2. The molecule has 0 heterocycles. The van der Waals surface area contributed by atoms with E-state index in [-0.39, 0.29) is 23.3 Å². The predicted octanol–water partition coefficient (Wildman–Crippen LogP) is 5.91. The normalized spacial score (nSPS) is 19.6. The van der Waals surface area contributed by atoms with Crippen molar-refractivity contribution < 1.29 is 14.0 Å². The number of hydrogen-bond donors (Lipinski definition) is 0. The Balaban J connectivity index is 1.68. The van der Waals surface area contributed by atoms with Gasteiger partial charge < -0.3 is 0 Å². The van der Waals surface area contributed by atoms with Gasteiger partial charge >= 0.3 is 0 Å². The number of halogens is 1. The molecule has 1 aliphatic rings. The van der Waals surface area contributed by atoms with E-state index >= 15 is 0 Å². The first-order valence-electron chi connectivity index (χ1n) is 10.8. The van der Waals surface area contributed by atoms with Crippen molar-refractivity contribution in [2.75, 3.05) is 0 Å². The maximum atomic E-state index is 13.0. The Morgan fingerprint density at radius 3 is 2.00 bits per heavy atom. The van der Waals surface area contributed by atoms with E-state index in [0.29, 0.717) is 12.8 Å². The Kier molecular flexibility index (Phi) is 7.00. The molecule has 1 saturated carbocycles. The third-order valence-electron chi connectivity index (χ3n) is 6.16. The van der Waals surface area contributed by atoms with Gasteiger partial charge in [-0.05, 0) is 79.3 Å². The van der Waals surface area contributed by atoms with Gasteiger partial charge in [-0.3, -0.25) is 9.59 Å². The molecule has 0 saturated heterocycles. The van der Waals surface area contributed by atoms with E-state index < -0.39 is 5.92 Å². The zero-order valence-electron chi connectivity index (χ0n) is 17.8. The lowest BCUT2D eigenvalue weighted by atomic mass is 9.72. The van der Waals surface area contributed by atoms with Crippen LogP contribution in [0.4, 0.5) is 4.39 Å². The van der Waals surface area contributed by atoms with Gasteiger partial charge in [0.15, 0.2) is 0 Å². The molecule has 0 aliphatic heterocycles. The van der Waals surface area contributed by atoms with E-state index in [4.69, 9.17) is 0 Å². The Morgan fingerprint density at radius 1 is 0.931 bits per heavy atom. The van der Waals surface area contributed by atoms with Gasteiger partial charge in [0.05, 0.1) is 0 Å². The van der Waals surface area contributed by atoms with Crippen molar-refractivity contribution in [1.82, 2.24) is 0 Å². The minimum atomic E-state index is -0.575. The first kappa shape index (κ1) is 21.4. The number of aryl methyl sites for hydroxylation is 4. The summed E-state index contributed by atoms with van der Waals surface area (Å²) in [6.45, 7) is 6.26. The number of hydrogen-bond acceptors (Lipinski definition) is 2. The third kappa shape index (κ3) is 5.01. The lowest BCUT2D eigenvalue weighted by molar-refractivity contribution is -0.133. The highest BCUT2D eigenvalue weighted by molar-refractivity contribution is 6.10. The van der Waals surface area contributed by atoms with Crippen LogP contribution in [0.15, 0.2) is 36.4 Å². The summed E-state index contributed by atoms with van der Waals surface area (Å²) < 4.78 is 13.0. The predicted molar refractivity (Wildman–Crippen MR) is 115 cm³/mol. The monoisotopic (exact) mass is 394 g/mol. The first-order chi connectivity index (χ1) is 13.9. The van der Waals surface area contributed by atoms with Gasteiger partial charge in [0.25, 0.3) is 0 Å². The molecule has 2 nitrogen and oxygen atoms in total. The molecule has 0 N–H and O–H groups in total. The molecule has 2 aromatic carbocycles. The van der Waals surface area contributed by atoms with Crippen molar-refractivity contribution >= 4 is 11.6 Å². The van der Waals surface area contributed by atoms with Crippen molar-refractivity contribution in [3.05, 3.63) is 70.0 Å². The lowest BCUT2D eigenvalue weighted by Crippen LogP contribution is -2.33. The van der Waals surface area contributed by atoms with E-state index in [1.165, 1.54) is 17.7 Å². The van der Waals surface area contributed by atoms with Gasteiger partial charge in [0.2, 0.25) is 0 Å². The van der Waals surface area contributed by atoms with E-state index in [2.05, 4.69) is 32.9 Å². The van der Waals surface area contributed by atoms with Crippen LogP contribution < -0.4 is 0 Å². The van der Waals surface area contributed by atoms with Gasteiger partial charge in [0.1, 0.15) is 23.3 Å². The van der Waals surface area contributed by atoms with Gasteiger partial charge in [-0.2, -0.15) is 0 Å². The standard InChI is InChI=1S/C26H31FO2/c1-4-20-13-17(3)14-21(5-2)25(20)26-23(28)15-19(16-24(26)29)8-6-7-18-9-11-22(27)12-10-18/h9-14,19,26H,4-8,15-16H2,1-3H3. The molecule has 0 aromatic heterocycles. The number of carbonyl (C=O) groups is 2. The topological polar surface area (TPSA) is 34.1 Å². The zero-order chi connectivity index (χ0) is 21.0. The number of rotatable bonds is 7. The number of Topliss-reactive ketones (excluding diaryl/α,β-unsaturated/α-hetero) is 2. The average Bonchev–Trinajstić information content (AvgIpc) is 2.69. The first-order valence-corrected chi connectivity index (χ1v) is 10.8. The molecule has 0 amide bonds. The summed E-state index contributed by atoms with van der Waals surface area (Å²) in [6, 6.07) is 10.8. The summed E-state index contributed by atoms with van der Waals surface area (Å²) in [4.78, 5) is 26.1. The smallest absolute Gasteiger partial charge is 0.148 e. The SMILES string of the molecule is CCc1cc(C)cc(CC)c1C1C(=O)CC(CCCc2ccc(F)cc2)CC1=O. The van der Waals surface area contributed by atoms with E-state index in [1.807, 2.05) is 0 Å². The molecule has 2 aromatic rings. The molecule has 154 valence electrons. The Labute approximate surface area is 173 Å². The minimum Gasteiger partial charge on any atom is -0.299 e. The summed E-state index contributed by atoms with van der Waals surface area (Å²) in [7, 11) is 0. The van der Waals surface area contributed by atoms with Gasteiger partial charge in [-0.25, -0.2) is 4.39 Å². The van der Waals surface area contributed by atoms with Crippen molar-refractivity contribution in [2.45, 2.75) is 71.6 Å². The second-order valence-corrected chi connectivity index (χ2v) is 8.36. The molecule has 0 bridgehead atoms. The molecule has 3 rings (SSSR count). The maximum absolute atomic E-state index is 13.0. The summed E-state index contributed by atoms with van der Waals surface area (Å²) in [5.41, 5.74) is 5.56. The van der Waals surface area contributed by atoms with Crippen LogP contribution in [0.25, 0.3) is 0 Å². The molecule has 0 spiro atoms. The second-order valence-electron chi connectivity index (χ2n) is 8.36. The molecule has 0 atom stereocenters. The van der Waals surface area contributed by atoms with Crippen LogP contribution in [0.2, 0.25) is 0 Å². The van der Waals surface area contributed by atoms with Crippen molar-refractivity contribution in [1.29, 1.82) is 0 Å². The molecule has 1 fully saturated rings. The Hall–Kier alpha value is -2.29. The highest BCUT2D eigenvalue weighted by Gasteiger charge is 2.38. The molecule has 0 radical (unpaired) electrons. The molecule has 1 aliphatic carbocycles. The van der Waals surface area contributed by atoms with Gasteiger partial charge in [0, 0.05) is 12.8 Å². The van der Waals surface area contributed by atoms with E-state index in [1.54, 1.807) is 12.1 Å². The van der Waals surface area contributed by atoms with Crippen molar-refractivity contribution in [3.8, 4) is 0 Å². The quantitative estimate of drug-likeness (QED) is 0.547. The van der Waals surface area contributed by atoms with Crippen LogP contribution in [-0.4, -0.2) is 11.6 Å². The fraction of sp³-hybridized carbons (Fsp3) is 0.462. The summed E-state index contributed by atoms with van der Waals surface area (Å²) >= 11 is 0. The highest BCUT2D eigenvalue weighted by atomic mass is 19.1. The fourth-order valence-electron chi connectivity index (χ4n) is 4.74. The van der Waals surface area contributed by atoms with Crippen LogP contribution in [0, 0.1) is 18.7 Å². The van der Waals surface area contributed by atoms with Crippen molar-refractivity contribution in [2.24, 2.45) is 5.92 Å². The van der Waals surface area contributed by atoms with Crippen LogP contribution in [0.3, 0.4) is 0 Å². The number of benzene rings is 2. The molecular weight excluding hydrogens is 363 g/mol. The van der Waals surface area contributed by atoms with Crippen molar-refractivity contribution in [3.63, 3.8) is 0 Å². The highest BCUT2D eigenvalue weighted by Crippen LogP contribution is 2.37. The molecule has 29 heavy (non-hydrogen) atoms. The molecule has 0 unspecified atom stereocenters. The molecule has 3 heteroatoms. The minimum absolute atomic E-state index is 0.0845. The Bertz CT molecular complexity index is 839. The molecular formula is C26H31FO2.